The molecule has 0 saturated carbocycles. The smallest absolute Gasteiger partial charge is 0.359 e. The minimum atomic E-state index is 0.403. The molecular weight excluding hydrogens is 1350 g/mol. The molecule has 110 heavy (non-hydrogen) atoms. The molecule has 16 aromatic rings. The van der Waals surface area contributed by atoms with E-state index < -0.39 is 0 Å². The molecule has 0 aliphatic rings. The zero-order valence-corrected chi connectivity index (χ0v) is 68.6. The minimum Gasteiger partial charge on any atom is -0.455 e. The van der Waals surface area contributed by atoms with E-state index in [0.29, 0.717) is 41.2 Å². The maximum absolute atomic E-state index is 6.48. The van der Waals surface area contributed by atoms with Crippen molar-refractivity contribution in [3.8, 4) is 85.5 Å². The normalized spacial score (nSPS) is 11.9. The number of pyridine rings is 4. The number of aryl methyl sites for hydroxylation is 7. The Morgan fingerprint density at radius 2 is 0.664 bits per heavy atom. The Hall–Kier alpha value is -11.6. The minimum absolute atomic E-state index is 0.403. The second kappa shape index (κ2) is 30.5. The topological polar surface area (TPSA) is 82.2 Å². The van der Waals surface area contributed by atoms with Crippen molar-refractivity contribution in [1.29, 1.82) is 0 Å². The van der Waals surface area contributed by atoms with Crippen LogP contribution in [0, 0.1) is 20.8 Å². The van der Waals surface area contributed by atoms with Gasteiger partial charge in [-0.25, -0.2) is 18.7 Å². The predicted molar refractivity (Wildman–Crippen MR) is 447 cm³/mol. The largest absolute Gasteiger partial charge is 0.455 e. The van der Waals surface area contributed by atoms with E-state index in [1.54, 1.807) is 0 Å². The van der Waals surface area contributed by atoms with Gasteiger partial charge in [0, 0.05) is 110 Å². The number of aromatic nitrogens is 11. The van der Waals surface area contributed by atoms with Gasteiger partial charge >= 0.3 is 17.5 Å². The third-order valence-corrected chi connectivity index (χ3v) is 22.5. The third kappa shape index (κ3) is 13.5. The van der Waals surface area contributed by atoms with Gasteiger partial charge in [-0.2, -0.15) is 27.4 Å². The lowest BCUT2D eigenvalue weighted by atomic mass is 9.92. The predicted octanol–water partition coefficient (Wildman–Crippen LogP) is 20.6. The van der Waals surface area contributed by atoms with Crippen LogP contribution >= 0.6 is 0 Å². The fourth-order valence-corrected chi connectivity index (χ4v) is 16.6. The van der Waals surface area contributed by atoms with Crippen LogP contribution in [0.25, 0.3) is 130 Å². The molecule has 0 unspecified atom stereocenters. The Bertz CT molecular complexity index is 6070. The van der Waals surface area contributed by atoms with E-state index in [-0.39, 0.29) is 0 Å². The van der Waals surface area contributed by atoms with Crippen LogP contribution in [-0.4, -0.2) is 23.3 Å². The summed E-state index contributed by atoms with van der Waals surface area (Å²) >= 11 is 0. The molecule has 10 aromatic heterocycles. The summed E-state index contributed by atoms with van der Waals surface area (Å²) in [5.41, 5.74) is 29.1. The number of nitrogens with zero attached hydrogens (tertiary/aromatic N) is 11. The standard InChI is InChI=1S/C35H38N4O.C35H37N3O.C27H34N4/c1-21(2)25-11-9-12-26(22(3)4)32(25)39-20-19-37(7)35(39)30-14-10-13-29(38(30)8)31-23(5)15-17-27-28-18-16-24(6)36-34(28)40-33(27)31;1-22(2)25-13-10-14-26(23(3)4)33(25)38-21-20-36(6)35(38)30-16-11-15-29(37(30)7)32-24(5)18-19-28-27-12-8-9-17-31(27)39-34(28)32;1-19(2)21-11-8-12-22(20(3)4)26(21)31-18-17-29(6)27(31)25-14-9-13-24(30(25)7)23-15-10-16-28(23)5/h9-22H,1-8H3;8-23H,1-7H3;8-20H,1-7H3/q3*+2. The number of para-hydroxylation sites is 4. The first-order chi connectivity index (χ1) is 52.7. The maximum Gasteiger partial charge on any atom is 0.359 e. The van der Waals surface area contributed by atoms with Crippen LogP contribution in [0.5, 0.6) is 0 Å². The molecule has 0 amide bonds. The van der Waals surface area contributed by atoms with Crippen LogP contribution in [0.1, 0.15) is 169 Å². The van der Waals surface area contributed by atoms with E-state index in [1.165, 1.54) is 84.5 Å². The number of hydrogen-bond acceptors (Lipinski definition) is 3. The second-order valence-corrected chi connectivity index (χ2v) is 31.9. The highest BCUT2D eigenvalue weighted by molar-refractivity contribution is 6.10. The number of imidazole rings is 3. The van der Waals surface area contributed by atoms with E-state index in [0.717, 1.165) is 89.5 Å². The lowest BCUT2D eigenvalue weighted by molar-refractivity contribution is -0.685. The van der Waals surface area contributed by atoms with Crippen LogP contribution in [0.2, 0.25) is 0 Å². The summed E-state index contributed by atoms with van der Waals surface area (Å²) in [6.45, 7) is 33.7. The number of benzene rings is 6. The first kappa shape index (κ1) is 75.3. The Morgan fingerprint density at radius 1 is 0.318 bits per heavy atom. The molecule has 0 spiro atoms. The summed E-state index contributed by atoms with van der Waals surface area (Å²) in [4.78, 5) is 4.68. The molecule has 0 radical (unpaired) electrons. The Morgan fingerprint density at radius 3 is 1.05 bits per heavy atom. The Balaban J connectivity index is 0.000000139. The molecule has 13 heteroatoms. The van der Waals surface area contributed by atoms with Crippen LogP contribution in [0.3, 0.4) is 0 Å². The quantitative estimate of drug-likeness (QED) is 0.0959. The molecular formula is C97H109N11O2+6. The SMILES string of the molecule is CC(C)c1cccc(C(C)C)c1-n1cc[n+](C)c1-c1cccc(-c2cccn2C)[n+]1C.Cc1ccc2c(n1)oc1c(-c3cccc(-c4n(-c5c(C(C)C)cccc5C(C)C)cc[n+]4C)[n+]3C)c(C)ccc12.Cc1ccc2c(oc3ccccc32)c1-c1cccc(-c2n(-c3c(C(C)C)cccc3C(C)C)cc[n+]2C)[n+]1C. The molecule has 0 saturated heterocycles. The highest BCUT2D eigenvalue weighted by Crippen LogP contribution is 2.42. The van der Waals surface area contributed by atoms with E-state index in [1.807, 2.05) is 19.1 Å². The summed E-state index contributed by atoms with van der Waals surface area (Å²) in [5.74, 6) is 5.96. The van der Waals surface area contributed by atoms with Crippen LogP contribution in [0.4, 0.5) is 0 Å². The Labute approximate surface area is 649 Å². The maximum atomic E-state index is 6.48. The third-order valence-electron chi connectivity index (χ3n) is 22.5. The monoisotopic (exact) mass is 1460 g/mol. The molecule has 0 fully saturated rings. The lowest BCUT2D eigenvalue weighted by Crippen LogP contribution is -2.40. The van der Waals surface area contributed by atoms with Gasteiger partial charge in [-0.3, -0.25) is 0 Å². The molecule has 6 aromatic carbocycles. The van der Waals surface area contributed by atoms with Crippen LogP contribution in [-0.2, 0) is 49.3 Å². The van der Waals surface area contributed by atoms with Gasteiger partial charge in [-0.15, -0.1) is 0 Å². The summed E-state index contributed by atoms with van der Waals surface area (Å²) in [6, 6.07) is 65.4. The molecule has 558 valence electrons. The summed E-state index contributed by atoms with van der Waals surface area (Å²) in [6.07, 6.45) is 15.2. The van der Waals surface area contributed by atoms with Gasteiger partial charge in [-0.05, 0) is 116 Å². The molecule has 0 aliphatic carbocycles. The fraction of sp³-hybridized carbons (Fsp3) is 0.289. The molecule has 0 aliphatic heterocycles. The summed E-state index contributed by atoms with van der Waals surface area (Å²) in [5, 5.41) is 4.44. The van der Waals surface area contributed by atoms with Gasteiger partial charge in [0.25, 0.3) is 17.1 Å². The molecule has 10 heterocycles. The van der Waals surface area contributed by atoms with Crippen molar-refractivity contribution in [2.24, 2.45) is 49.3 Å². The van der Waals surface area contributed by atoms with Crippen molar-refractivity contribution >= 4 is 44.0 Å². The van der Waals surface area contributed by atoms with Crippen molar-refractivity contribution in [2.75, 3.05) is 0 Å². The summed E-state index contributed by atoms with van der Waals surface area (Å²) < 4.78 is 35.8. The van der Waals surface area contributed by atoms with Crippen molar-refractivity contribution in [1.82, 2.24) is 23.3 Å². The second-order valence-electron chi connectivity index (χ2n) is 31.9. The first-order valence-corrected chi connectivity index (χ1v) is 39.2. The summed E-state index contributed by atoms with van der Waals surface area (Å²) in [7, 11) is 15.0. The average molecular weight is 1460 g/mol. The zero-order valence-electron chi connectivity index (χ0n) is 68.6. The van der Waals surface area contributed by atoms with Crippen molar-refractivity contribution < 1.29 is 36.2 Å². The van der Waals surface area contributed by atoms with Gasteiger partial charge < -0.3 is 13.4 Å². The number of furan rings is 2. The molecule has 16 rings (SSSR count). The van der Waals surface area contributed by atoms with Crippen molar-refractivity contribution in [3.05, 3.63) is 276 Å². The van der Waals surface area contributed by atoms with Crippen molar-refractivity contribution in [2.45, 2.75) is 139 Å². The first-order valence-electron chi connectivity index (χ1n) is 39.2. The van der Waals surface area contributed by atoms with E-state index >= 15 is 0 Å². The Kier molecular flexibility index (Phi) is 20.8. The fourth-order valence-electron chi connectivity index (χ4n) is 16.6. The van der Waals surface area contributed by atoms with Gasteiger partial charge in [0.2, 0.25) is 22.8 Å². The van der Waals surface area contributed by atoms with Crippen molar-refractivity contribution in [3.63, 3.8) is 0 Å². The van der Waals surface area contributed by atoms with Crippen LogP contribution < -0.4 is 27.4 Å². The van der Waals surface area contributed by atoms with Gasteiger partial charge in [-0.1, -0.05) is 180 Å². The van der Waals surface area contributed by atoms with E-state index in [2.05, 4.69) is 410 Å². The van der Waals surface area contributed by atoms with Gasteiger partial charge in [0.15, 0.2) is 5.58 Å². The average Bonchev–Trinajstić information content (AvgIpc) is 1.53. The molecule has 0 bridgehead atoms. The molecule has 0 atom stereocenters. The van der Waals surface area contributed by atoms with Crippen LogP contribution in [0.15, 0.2) is 234 Å². The molecule has 13 nitrogen and oxygen atoms in total. The highest BCUT2D eigenvalue weighted by atomic mass is 16.3. The lowest BCUT2D eigenvalue weighted by Gasteiger charge is -2.17. The van der Waals surface area contributed by atoms with E-state index in [9.17, 15) is 0 Å². The number of fused-ring (bicyclic) bond motifs is 6. The van der Waals surface area contributed by atoms with E-state index in [4.69, 9.17) is 8.83 Å². The number of rotatable bonds is 15. The number of hydrogen-bond donors (Lipinski definition) is 0. The highest BCUT2D eigenvalue weighted by Gasteiger charge is 2.37. The molecule has 0 N–H and O–H groups in total. The zero-order chi connectivity index (χ0) is 78.0. The van der Waals surface area contributed by atoms with Gasteiger partial charge in [0.05, 0.1) is 32.3 Å². The van der Waals surface area contributed by atoms with Gasteiger partial charge in [0.1, 0.15) is 92.2 Å².